The number of nitrogens with zero attached hydrogens (tertiary/aromatic N) is 1. The molecule has 10 heteroatoms. The Morgan fingerprint density at radius 1 is 1.12 bits per heavy atom. The molecule has 1 unspecified atom stereocenters. The topological polar surface area (TPSA) is 126 Å². The number of benzene rings is 1. The SMILES string of the molecule is CCOc1ccc(OC(C)C(=O)NNC(=O)CN2C(=O)NC3(CCC(CC)CC3)C2=O)cc1. The number of hydrogen-bond donors (Lipinski definition) is 3. The van der Waals surface area contributed by atoms with Crippen LogP contribution in [0, 0.1) is 5.92 Å². The van der Waals surface area contributed by atoms with Gasteiger partial charge in [0.2, 0.25) is 0 Å². The van der Waals surface area contributed by atoms with Gasteiger partial charge in [0.25, 0.3) is 17.7 Å². The molecule has 180 valence electrons. The van der Waals surface area contributed by atoms with Crippen molar-refractivity contribution in [3.8, 4) is 11.5 Å². The highest BCUT2D eigenvalue weighted by molar-refractivity contribution is 6.09. The molecule has 1 aliphatic heterocycles. The molecule has 1 saturated heterocycles. The zero-order chi connectivity index (χ0) is 24.0. The van der Waals surface area contributed by atoms with Gasteiger partial charge in [0.05, 0.1) is 6.61 Å². The minimum Gasteiger partial charge on any atom is -0.494 e. The molecule has 10 nitrogen and oxygen atoms in total. The van der Waals surface area contributed by atoms with Crippen molar-refractivity contribution < 1.29 is 28.7 Å². The van der Waals surface area contributed by atoms with Gasteiger partial charge in [0, 0.05) is 0 Å². The maximum Gasteiger partial charge on any atom is 0.325 e. The standard InChI is InChI=1S/C23H32N4O6/c1-4-16-10-12-23(13-11-16)21(30)27(22(31)24-23)14-19(28)25-26-20(29)15(3)33-18-8-6-17(7-9-18)32-5-2/h6-9,15-16H,4-5,10-14H2,1-3H3,(H,24,31)(H,25,28)(H,26,29). The Kier molecular flexibility index (Phi) is 7.78. The van der Waals surface area contributed by atoms with Crippen molar-refractivity contribution >= 4 is 23.8 Å². The van der Waals surface area contributed by atoms with Gasteiger partial charge in [-0.2, -0.15) is 0 Å². The van der Waals surface area contributed by atoms with E-state index in [9.17, 15) is 19.2 Å². The van der Waals surface area contributed by atoms with Gasteiger partial charge in [0.1, 0.15) is 23.6 Å². The molecule has 1 aromatic carbocycles. The van der Waals surface area contributed by atoms with Crippen LogP contribution in [-0.2, 0) is 14.4 Å². The zero-order valence-corrected chi connectivity index (χ0v) is 19.3. The summed E-state index contributed by atoms with van der Waals surface area (Å²) >= 11 is 0. The molecule has 0 radical (unpaired) electrons. The molecule has 3 rings (SSSR count). The molecule has 1 spiro atoms. The van der Waals surface area contributed by atoms with E-state index >= 15 is 0 Å². The maximum absolute atomic E-state index is 12.9. The van der Waals surface area contributed by atoms with Crippen molar-refractivity contribution in [3.05, 3.63) is 24.3 Å². The largest absolute Gasteiger partial charge is 0.494 e. The number of urea groups is 1. The van der Waals surface area contributed by atoms with Gasteiger partial charge in [-0.05, 0) is 69.7 Å². The lowest BCUT2D eigenvalue weighted by atomic mass is 9.75. The van der Waals surface area contributed by atoms with Crippen LogP contribution in [0.2, 0.25) is 0 Å². The second kappa shape index (κ2) is 10.5. The fourth-order valence-corrected chi connectivity index (χ4v) is 4.19. The van der Waals surface area contributed by atoms with Crippen molar-refractivity contribution in [2.24, 2.45) is 5.92 Å². The van der Waals surface area contributed by atoms with Crippen LogP contribution in [0.1, 0.15) is 52.9 Å². The monoisotopic (exact) mass is 460 g/mol. The summed E-state index contributed by atoms with van der Waals surface area (Å²) in [6, 6.07) is 6.22. The van der Waals surface area contributed by atoms with Crippen molar-refractivity contribution in [2.45, 2.75) is 64.5 Å². The summed E-state index contributed by atoms with van der Waals surface area (Å²) in [5, 5.41) is 2.78. The van der Waals surface area contributed by atoms with Gasteiger partial charge in [-0.1, -0.05) is 13.3 Å². The van der Waals surface area contributed by atoms with E-state index in [0.29, 0.717) is 36.9 Å². The molecule has 0 bridgehead atoms. The minimum atomic E-state index is -0.910. The maximum atomic E-state index is 12.9. The van der Waals surface area contributed by atoms with Crippen LogP contribution in [-0.4, -0.2) is 53.4 Å². The third-order valence-corrected chi connectivity index (χ3v) is 6.23. The van der Waals surface area contributed by atoms with Crippen LogP contribution >= 0.6 is 0 Å². The summed E-state index contributed by atoms with van der Waals surface area (Å²) in [6.45, 7) is 5.60. The van der Waals surface area contributed by atoms with Crippen LogP contribution < -0.4 is 25.6 Å². The molecule has 1 atom stereocenters. The Hall–Kier alpha value is -3.30. The summed E-state index contributed by atoms with van der Waals surface area (Å²) in [5.41, 5.74) is 3.59. The summed E-state index contributed by atoms with van der Waals surface area (Å²) < 4.78 is 10.9. The van der Waals surface area contributed by atoms with Crippen LogP contribution in [0.25, 0.3) is 0 Å². The molecule has 1 aromatic rings. The molecule has 3 N–H and O–H groups in total. The quantitative estimate of drug-likeness (QED) is 0.402. The van der Waals surface area contributed by atoms with Crippen molar-refractivity contribution in [1.82, 2.24) is 21.1 Å². The highest BCUT2D eigenvalue weighted by atomic mass is 16.5. The molecule has 2 aliphatic rings. The summed E-state index contributed by atoms with van der Waals surface area (Å²) in [7, 11) is 0. The van der Waals surface area contributed by atoms with E-state index in [1.165, 1.54) is 6.92 Å². The number of ether oxygens (including phenoxy) is 2. The van der Waals surface area contributed by atoms with Gasteiger partial charge in [-0.25, -0.2) is 4.79 Å². The Bertz CT molecular complexity index is 879. The second-order valence-electron chi connectivity index (χ2n) is 8.46. The number of carbonyl (C=O) groups excluding carboxylic acids is 4. The third-order valence-electron chi connectivity index (χ3n) is 6.23. The molecule has 1 aliphatic carbocycles. The predicted octanol–water partition coefficient (Wildman–Crippen LogP) is 1.89. The lowest BCUT2D eigenvalue weighted by molar-refractivity contribution is -0.137. The van der Waals surface area contributed by atoms with Crippen molar-refractivity contribution in [3.63, 3.8) is 0 Å². The number of nitrogens with one attached hydrogen (secondary N) is 3. The normalized spacial score (nSPS) is 23.1. The molecular formula is C23H32N4O6. The first kappa shape index (κ1) is 24.3. The molecule has 5 amide bonds. The van der Waals surface area contributed by atoms with Gasteiger partial charge >= 0.3 is 6.03 Å². The Balaban J connectivity index is 1.46. The van der Waals surface area contributed by atoms with Crippen LogP contribution in [0.4, 0.5) is 4.79 Å². The lowest BCUT2D eigenvalue weighted by Crippen LogP contribution is -2.52. The number of hydrogen-bond acceptors (Lipinski definition) is 6. The fraction of sp³-hybridized carbons (Fsp3) is 0.565. The Morgan fingerprint density at radius 3 is 2.36 bits per heavy atom. The number of rotatable bonds is 8. The Morgan fingerprint density at radius 2 is 1.76 bits per heavy atom. The van der Waals surface area contributed by atoms with E-state index in [4.69, 9.17) is 9.47 Å². The first-order chi connectivity index (χ1) is 15.8. The minimum absolute atomic E-state index is 0.379. The van der Waals surface area contributed by atoms with E-state index in [0.717, 1.165) is 24.2 Å². The van der Waals surface area contributed by atoms with Gasteiger partial charge < -0.3 is 14.8 Å². The second-order valence-corrected chi connectivity index (χ2v) is 8.46. The Labute approximate surface area is 193 Å². The van der Waals surface area contributed by atoms with Crippen LogP contribution in [0.5, 0.6) is 11.5 Å². The van der Waals surface area contributed by atoms with E-state index in [2.05, 4.69) is 23.1 Å². The molecular weight excluding hydrogens is 428 g/mol. The lowest BCUT2D eigenvalue weighted by Gasteiger charge is -2.34. The molecule has 1 saturated carbocycles. The number of imide groups is 1. The molecule has 0 aromatic heterocycles. The first-order valence-corrected chi connectivity index (χ1v) is 11.4. The van der Waals surface area contributed by atoms with Crippen LogP contribution in [0.15, 0.2) is 24.3 Å². The first-order valence-electron chi connectivity index (χ1n) is 11.4. The van der Waals surface area contributed by atoms with E-state index in [1.54, 1.807) is 24.3 Å². The molecule has 33 heavy (non-hydrogen) atoms. The highest BCUT2D eigenvalue weighted by Crippen LogP contribution is 2.37. The average Bonchev–Trinajstić information content (AvgIpc) is 3.03. The number of carbonyl (C=O) groups is 4. The number of amides is 5. The molecule has 2 fully saturated rings. The van der Waals surface area contributed by atoms with E-state index < -0.39 is 36.0 Å². The molecule has 1 heterocycles. The van der Waals surface area contributed by atoms with Gasteiger partial charge in [-0.15, -0.1) is 0 Å². The van der Waals surface area contributed by atoms with E-state index in [-0.39, 0.29) is 5.91 Å². The smallest absolute Gasteiger partial charge is 0.325 e. The van der Waals surface area contributed by atoms with Gasteiger partial charge in [-0.3, -0.25) is 30.1 Å². The van der Waals surface area contributed by atoms with E-state index in [1.807, 2.05) is 6.92 Å². The predicted molar refractivity (Wildman–Crippen MR) is 119 cm³/mol. The average molecular weight is 461 g/mol. The van der Waals surface area contributed by atoms with Gasteiger partial charge in [0.15, 0.2) is 6.10 Å². The highest BCUT2D eigenvalue weighted by Gasteiger charge is 2.52. The summed E-state index contributed by atoms with van der Waals surface area (Å²) in [4.78, 5) is 50.7. The number of hydrazine groups is 1. The van der Waals surface area contributed by atoms with Crippen molar-refractivity contribution in [2.75, 3.05) is 13.2 Å². The summed E-state index contributed by atoms with van der Waals surface area (Å²) in [6.07, 6.45) is 3.04. The zero-order valence-electron chi connectivity index (χ0n) is 19.3. The van der Waals surface area contributed by atoms with Crippen molar-refractivity contribution in [1.29, 1.82) is 0 Å². The van der Waals surface area contributed by atoms with Crippen LogP contribution in [0.3, 0.4) is 0 Å². The third kappa shape index (κ3) is 5.74. The summed E-state index contributed by atoms with van der Waals surface area (Å²) in [5.74, 6) is 0.0726. The fourth-order valence-electron chi connectivity index (χ4n) is 4.19.